The van der Waals surface area contributed by atoms with Gasteiger partial charge in [0.1, 0.15) is 0 Å². The van der Waals surface area contributed by atoms with Crippen molar-refractivity contribution in [2.75, 3.05) is 40.3 Å². The molecule has 0 spiro atoms. The number of nitrogens with zero attached hydrogens (tertiary/aromatic N) is 5. The van der Waals surface area contributed by atoms with E-state index in [1.165, 1.54) is 11.1 Å². The second-order valence-corrected chi connectivity index (χ2v) is 8.37. The number of likely N-dealkylation sites (N-methyl/N-ethyl adjacent to an activating group) is 1. The van der Waals surface area contributed by atoms with E-state index in [-0.39, 0.29) is 11.9 Å². The van der Waals surface area contributed by atoms with Crippen LogP contribution in [0.2, 0.25) is 0 Å². The number of carbonyl (C=O) groups excluding carboxylic acids is 1. The fourth-order valence-corrected chi connectivity index (χ4v) is 4.10. The van der Waals surface area contributed by atoms with Gasteiger partial charge in [-0.15, -0.1) is 0 Å². The lowest BCUT2D eigenvalue weighted by atomic mass is 10.1. The molecule has 1 aliphatic rings. The molecule has 1 atom stereocenters. The van der Waals surface area contributed by atoms with Crippen molar-refractivity contribution < 1.29 is 4.79 Å². The van der Waals surface area contributed by atoms with Gasteiger partial charge in [0.25, 0.3) is 0 Å². The molecule has 1 fully saturated rings. The first-order valence-electron chi connectivity index (χ1n) is 11.6. The number of nitrogens with one attached hydrogen (secondary N) is 2. The van der Waals surface area contributed by atoms with Crippen molar-refractivity contribution >= 4 is 11.9 Å². The van der Waals surface area contributed by atoms with Gasteiger partial charge in [0.15, 0.2) is 5.96 Å². The Kier molecular flexibility index (Phi) is 9.10. The summed E-state index contributed by atoms with van der Waals surface area (Å²) in [4.78, 5) is 21.2. The molecule has 2 heterocycles. The predicted octanol–water partition coefficient (Wildman–Crippen LogP) is 1.93. The Morgan fingerprint density at radius 1 is 1.22 bits per heavy atom. The average Bonchev–Trinajstić information content (AvgIpc) is 3.47. The normalized spacial score (nSPS) is 16.8. The van der Waals surface area contributed by atoms with Gasteiger partial charge in [-0.3, -0.25) is 14.4 Å². The number of carbonyl (C=O) groups is 1. The van der Waals surface area contributed by atoms with E-state index in [1.54, 1.807) is 11.1 Å². The molecule has 2 aromatic rings. The van der Waals surface area contributed by atoms with Crippen LogP contribution in [0.5, 0.6) is 0 Å². The van der Waals surface area contributed by atoms with Crippen molar-refractivity contribution in [3.8, 4) is 0 Å². The van der Waals surface area contributed by atoms with Crippen molar-refractivity contribution in [2.45, 2.75) is 45.3 Å². The molecular weight excluding hydrogens is 402 g/mol. The maximum Gasteiger partial charge on any atom is 0.239 e. The van der Waals surface area contributed by atoms with E-state index < -0.39 is 0 Å². The third-order valence-electron chi connectivity index (χ3n) is 5.77. The minimum atomic E-state index is 0.0400. The molecule has 8 nitrogen and oxygen atoms in total. The highest BCUT2D eigenvalue weighted by Gasteiger charge is 2.30. The Balaban J connectivity index is 1.51. The fraction of sp³-hybridized carbons (Fsp3) is 0.542. The van der Waals surface area contributed by atoms with Gasteiger partial charge >= 0.3 is 0 Å². The van der Waals surface area contributed by atoms with Crippen molar-refractivity contribution in [1.29, 1.82) is 0 Å². The summed E-state index contributed by atoms with van der Waals surface area (Å²) in [7, 11) is 3.68. The van der Waals surface area contributed by atoms with Crippen molar-refractivity contribution in [3.05, 3.63) is 53.9 Å². The molecule has 1 saturated heterocycles. The third kappa shape index (κ3) is 6.82. The van der Waals surface area contributed by atoms with Gasteiger partial charge in [0.05, 0.1) is 19.1 Å². The van der Waals surface area contributed by atoms with Gasteiger partial charge in [-0.1, -0.05) is 24.3 Å². The summed E-state index contributed by atoms with van der Waals surface area (Å²) in [6, 6.07) is 10.4. The first kappa shape index (κ1) is 23.8. The molecule has 1 aliphatic heterocycles. The van der Waals surface area contributed by atoms with E-state index in [0.717, 1.165) is 57.9 Å². The molecule has 1 amide bonds. The van der Waals surface area contributed by atoms with Crippen molar-refractivity contribution in [2.24, 2.45) is 4.99 Å². The fourth-order valence-electron chi connectivity index (χ4n) is 4.10. The molecule has 0 radical (unpaired) electrons. The van der Waals surface area contributed by atoms with Crippen LogP contribution in [-0.4, -0.2) is 77.8 Å². The van der Waals surface area contributed by atoms with Crippen LogP contribution in [-0.2, 0) is 17.9 Å². The number of likely N-dealkylation sites (tertiary alicyclic amines) is 1. The van der Waals surface area contributed by atoms with E-state index >= 15 is 0 Å². The van der Waals surface area contributed by atoms with Crippen LogP contribution >= 0.6 is 0 Å². The summed E-state index contributed by atoms with van der Waals surface area (Å²) in [6.45, 7) is 6.98. The number of aliphatic imine (C=N–C) groups is 1. The predicted molar refractivity (Wildman–Crippen MR) is 128 cm³/mol. The molecule has 174 valence electrons. The molecule has 1 unspecified atom stereocenters. The summed E-state index contributed by atoms with van der Waals surface area (Å²) in [5.74, 6) is 1.04. The van der Waals surface area contributed by atoms with Gasteiger partial charge in [-0.05, 0) is 49.9 Å². The third-order valence-corrected chi connectivity index (χ3v) is 5.77. The largest absolute Gasteiger partial charge is 0.357 e. The maximum atomic E-state index is 12.4. The van der Waals surface area contributed by atoms with Gasteiger partial charge < -0.3 is 15.5 Å². The number of amides is 1. The number of aromatic nitrogens is 2. The lowest BCUT2D eigenvalue weighted by Gasteiger charge is -2.26. The van der Waals surface area contributed by atoms with Crippen LogP contribution in [0.25, 0.3) is 0 Å². The van der Waals surface area contributed by atoms with Crippen LogP contribution in [0.4, 0.5) is 0 Å². The molecule has 1 aromatic heterocycles. The second-order valence-electron chi connectivity index (χ2n) is 8.37. The summed E-state index contributed by atoms with van der Waals surface area (Å²) < 4.78 is 1.93. The molecular formula is C24H37N7O. The average molecular weight is 440 g/mol. The second kappa shape index (κ2) is 12.2. The zero-order valence-corrected chi connectivity index (χ0v) is 19.6. The van der Waals surface area contributed by atoms with Crippen LogP contribution in [0.3, 0.4) is 0 Å². The first-order valence-corrected chi connectivity index (χ1v) is 11.6. The quantitative estimate of drug-likeness (QED) is 0.336. The monoisotopic (exact) mass is 439 g/mol. The summed E-state index contributed by atoms with van der Waals surface area (Å²) in [5, 5.41) is 11.1. The SMILES string of the molecule is CCNC(=NCc1ccccc1Cn1cccn1)NCCCN1CCCC1C(=O)N(C)C. The number of hydrogen-bond acceptors (Lipinski definition) is 4. The van der Waals surface area contributed by atoms with Crippen molar-refractivity contribution in [3.63, 3.8) is 0 Å². The highest BCUT2D eigenvalue weighted by molar-refractivity contribution is 5.81. The Hall–Kier alpha value is -2.87. The van der Waals surface area contributed by atoms with Gasteiger partial charge in [-0.2, -0.15) is 5.10 Å². The topological polar surface area (TPSA) is 77.8 Å². The number of hydrogen-bond donors (Lipinski definition) is 2. The zero-order chi connectivity index (χ0) is 22.8. The van der Waals surface area contributed by atoms with E-state index in [4.69, 9.17) is 4.99 Å². The molecule has 0 saturated carbocycles. The first-order chi connectivity index (χ1) is 15.6. The van der Waals surface area contributed by atoms with Gasteiger partial charge in [0.2, 0.25) is 5.91 Å². The molecule has 3 rings (SSSR count). The van der Waals surface area contributed by atoms with Gasteiger partial charge in [-0.25, -0.2) is 4.99 Å². The number of guanidine groups is 1. The molecule has 2 N–H and O–H groups in total. The molecule has 0 aliphatic carbocycles. The number of rotatable bonds is 10. The van der Waals surface area contributed by atoms with Crippen molar-refractivity contribution in [1.82, 2.24) is 30.2 Å². The minimum absolute atomic E-state index is 0.0400. The highest BCUT2D eigenvalue weighted by Crippen LogP contribution is 2.18. The summed E-state index contributed by atoms with van der Waals surface area (Å²) >= 11 is 0. The van der Waals surface area contributed by atoms with Crippen LogP contribution in [0, 0.1) is 0 Å². The highest BCUT2D eigenvalue weighted by atomic mass is 16.2. The zero-order valence-electron chi connectivity index (χ0n) is 19.6. The summed E-state index contributed by atoms with van der Waals surface area (Å²) in [5.41, 5.74) is 2.42. The molecule has 0 bridgehead atoms. The van der Waals surface area contributed by atoms with E-state index in [0.29, 0.717) is 6.54 Å². The van der Waals surface area contributed by atoms with E-state index in [2.05, 4.69) is 51.8 Å². The molecule has 8 heteroatoms. The standard InChI is InChI=1S/C24H37N7O/c1-4-25-24(26-13-8-16-30-15-7-12-22(30)23(32)29(2)3)27-18-20-10-5-6-11-21(20)19-31-17-9-14-28-31/h5-6,9-11,14,17,22H,4,7-8,12-13,15-16,18-19H2,1-3H3,(H2,25,26,27). The smallest absolute Gasteiger partial charge is 0.239 e. The Morgan fingerprint density at radius 3 is 2.75 bits per heavy atom. The van der Waals surface area contributed by atoms with E-state index in [9.17, 15) is 4.79 Å². The lowest BCUT2D eigenvalue weighted by Crippen LogP contribution is -2.44. The number of benzene rings is 1. The Labute approximate surface area is 191 Å². The molecule has 1 aromatic carbocycles. The summed E-state index contributed by atoms with van der Waals surface area (Å²) in [6.07, 6.45) is 6.81. The van der Waals surface area contributed by atoms with Crippen LogP contribution in [0.15, 0.2) is 47.7 Å². The molecule has 32 heavy (non-hydrogen) atoms. The van der Waals surface area contributed by atoms with Crippen LogP contribution in [0.1, 0.15) is 37.3 Å². The van der Waals surface area contributed by atoms with Gasteiger partial charge in [0, 0.05) is 46.1 Å². The lowest BCUT2D eigenvalue weighted by molar-refractivity contribution is -0.133. The Bertz CT molecular complexity index is 863. The van der Waals surface area contributed by atoms with Crippen LogP contribution < -0.4 is 10.6 Å². The maximum absolute atomic E-state index is 12.4. The minimum Gasteiger partial charge on any atom is -0.357 e. The Morgan fingerprint density at radius 2 is 2.03 bits per heavy atom. The van der Waals surface area contributed by atoms with E-state index in [1.807, 2.05) is 31.0 Å².